The van der Waals surface area contributed by atoms with Crippen molar-refractivity contribution in [1.82, 2.24) is 0 Å². The summed E-state index contributed by atoms with van der Waals surface area (Å²) in [5.41, 5.74) is 0. The van der Waals surface area contributed by atoms with E-state index in [1.165, 1.54) is 77.0 Å². The van der Waals surface area contributed by atoms with E-state index >= 15 is 0 Å². The first-order chi connectivity index (χ1) is 31.6. The standard InChI is InChI=1S/C59H98O5/c1-4-7-10-13-16-19-22-25-28-30-32-34-37-40-43-46-49-52-58(60)63-56-57(55-62-54-51-48-45-42-39-36-33-29-26-23-20-17-14-11-8-5-2)64-59(61)53-50-47-44-41-38-35-31-27-24-21-18-15-12-9-6-3/h7,9-10,12,16-21,25-29,31,38,41,57H,4-6,8,11,13-15,22-24,30,32-37,39-40,42-56H2,1-3H3/b10-7-,12-9-,19-16-,20-17-,21-18-,28-25-,29-26-,31-27-,41-38-. The molecule has 5 nitrogen and oxygen atoms in total. The van der Waals surface area contributed by atoms with Crippen LogP contribution in [0.4, 0.5) is 0 Å². The molecular formula is C59H98O5. The second kappa shape index (κ2) is 53.9. The molecule has 0 N–H and O–H groups in total. The predicted octanol–water partition coefficient (Wildman–Crippen LogP) is 18.0. The fraction of sp³-hybridized carbons (Fsp3) is 0.661. The maximum atomic E-state index is 12.8. The van der Waals surface area contributed by atoms with Crippen molar-refractivity contribution in [2.45, 2.75) is 232 Å². The second-order valence-electron chi connectivity index (χ2n) is 17.0. The molecule has 1 atom stereocenters. The molecule has 0 aromatic carbocycles. The zero-order valence-electron chi connectivity index (χ0n) is 41.8. The number of unbranched alkanes of at least 4 members (excludes halogenated alkanes) is 18. The molecule has 0 aliphatic rings. The van der Waals surface area contributed by atoms with Gasteiger partial charge in [-0.05, 0) is 122 Å². The van der Waals surface area contributed by atoms with Crippen LogP contribution in [0, 0.1) is 0 Å². The van der Waals surface area contributed by atoms with Gasteiger partial charge in [-0.25, -0.2) is 0 Å². The van der Waals surface area contributed by atoms with Crippen LogP contribution in [0.15, 0.2) is 109 Å². The first-order valence-corrected chi connectivity index (χ1v) is 26.4. The van der Waals surface area contributed by atoms with E-state index in [1.54, 1.807) is 0 Å². The lowest BCUT2D eigenvalue weighted by molar-refractivity contribution is -0.163. The molecule has 0 fully saturated rings. The molecule has 0 radical (unpaired) electrons. The number of carbonyl (C=O) groups is 2. The number of esters is 2. The number of rotatable bonds is 47. The molecular weight excluding hydrogens is 789 g/mol. The van der Waals surface area contributed by atoms with Crippen molar-refractivity contribution in [1.29, 1.82) is 0 Å². The van der Waals surface area contributed by atoms with Crippen molar-refractivity contribution in [2.75, 3.05) is 19.8 Å². The van der Waals surface area contributed by atoms with Gasteiger partial charge >= 0.3 is 11.9 Å². The van der Waals surface area contributed by atoms with Gasteiger partial charge in [-0.2, -0.15) is 0 Å². The Morgan fingerprint density at radius 3 is 1.16 bits per heavy atom. The Labute approximate surface area is 395 Å². The minimum Gasteiger partial charge on any atom is -0.462 e. The van der Waals surface area contributed by atoms with Crippen LogP contribution >= 0.6 is 0 Å². The summed E-state index contributed by atoms with van der Waals surface area (Å²) in [4.78, 5) is 25.4. The van der Waals surface area contributed by atoms with Crippen LogP contribution < -0.4 is 0 Å². The molecule has 364 valence electrons. The zero-order chi connectivity index (χ0) is 46.3. The van der Waals surface area contributed by atoms with Gasteiger partial charge in [0.15, 0.2) is 6.10 Å². The zero-order valence-corrected chi connectivity index (χ0v) is 41.8. The molecule has 0 saturated carbocycles. The van der Waals surface area contributed by atoms with Crippen LogP contribution in [0.1, 0.15) is 226 Å². The monoisotopic (exact) mass is 887 g/mol. The van der Waals surface area contributed by atoms with Crippen molar-refractivity contribution >= 4 is 11.9 Å². The van der Waals surface area contributed by atoms with Gasteiger partial charge in [0.05, 0.1) is 6.61 Å². The highest BCUT2D eigenvalue weighted by molar-refractivity contribution is 5.70. The van der Waals surface area contributed by atoms with E-state index < -0.39 is 6.10 Å². The summed E-state index contributed by atoms with van der Waals surface area (Å²) in [6, 6.07) is 0. The van der Waals surface area contributed by atoms with Crippen molar-refractivity contribution in [3.63, 3.8) is 0 Å². The summed E-state index contributed by atoms with van der Waals surface area (Å²) in [6.45, 7) is 7.50. The first-order valence-electron chi connectivity index (χ1n) is 26.4. The lowest BCUT2D eigenvalue weighted by Crippen LogP contribution is -2.30. The van der Waals surface area contributed by atoms with Gasteiger partial charge in [0.25, 0.3) is 0 Å². The Balaban J connectivity index is 4.39. The van der Waals surface area contributed by atoms with Gasteiger partial charge in [-0.15, -0.1) is 0 Å². The van der Waals surface area contributed by atoms with Gasteiger partial charge < -0.3 is 14.2 Å². The van der Waals surface area contributed by atoms with E-state index in [2.05, 4.69) is 130 Å². The van der Waals surface area contributed by atoms with E-state index in [1.807, 2.05) is 0 Å². The number of hydrogen-bond acceptors (Lipinski definition) is 5. The molecule has 0 aromatic heterocycles. The fourth-order valence-electron chi connectivity index (χ4n) is 6.90. The highest BCUT2D eigenvalue weighted by atomic mass is 16.6. The number of allylic oxidation sites excluding steroid dienone is 18. The maximum Gasteiger partial charge on any atom is 0.306 e. The minimum atomic E-state index is -0.574. The molecule has 0 heterocycles. The van der Waals surface area contributed by atoms with Crippen LogP contribution in [-0.2, 0) is 23.8 Å². The Hall–Kier alpha value is -3.44. The van der Waals surface area contributed by atoms with Crippen molar-refractivity contribution in [3.05, 3.63) is 109 Å². The molecule has 0 aromatic rings. The average molecular weight is 887 g/mol. The van der Waals surface area contributed by atoms with Crippen molar-refractivity contribution in [3.8, 4) is 0 Å². The van der Waals surface area contributed by atoms with E-state index in [0.717, 1.165) is 116 Å². The molecule has 0 amide bonds. The van der Waals surface area contributed by atoms with Crippen LogP contribution in [0.2, 0.25) is 0 Å². The smallest absolute Gasteiger partial charge is 0.306 e. The van der Waals surface area contributed by atoms with Crippen molar-refractivity contribution in [2.24, 2.45) is 0 Å². The lowest BCUT2D eigenvalue weighted by atomic mass is 10.1. The molecule has 1 unspecified atom stereocenters. The number of carbonyl (C=O) groups excluding carboxylic acids is 2. The Bertz CT molecular complexity index is 1280. The highest BCUT2D eigenvalue weighted by Crippen LogP contribution is 2.13. The topological polar surface area (TPSA) is 61.8 Å². The molecule has 0 spiro atoms. The van der Waals surface area contributed by atoms with E-state index in [9.17, 15) is 9.59 Å². The molecule has 5 heteroatoms. The molecule has 0 saturated heterocycles. The third-order valence-corrected chi connectivity index (χ3v) is 10.8. The SMILES string of the molecule is CC/C=C\C/C=C\C/C=C\C/C=C\CCCCC(=O)OC(COCCCCCCCC/C=C\C/C=C\CCCCC)COC(=O)CCCCCCCCC/C=C\C/C=C\C/C=C\CC. The van der Waals surface area contributed by atoms with Crippen LogP contribution in [0.25, 0.3) is 0 Å². The van der Waals surface area contributed by atoms with Crippen LogP contribution in [0.5, 0.6) is 0 Å². The van der Waals surface area contributed by atoms with Gasteiger partial charge in [0.1, 0.15) is 6.61 Å². The van der Waals surface area contributed by atoms with Crippen molar-refractivity contribution < 1.29 is 23.8 Å². The Morgan fingerprint density at radius 1 is 0.359 bits per heavy atom. The molecule has 0 rings (SSSR count). The van der Waals surface area contributed by atoms with E-state index in [4.69, 9.17) is 14.2 Å². The summed E-state index contributed by atoms with van der Waals surface area (Å²) in [6.07, 6.45) is 73.8. The molecule has 0 aliphatic carbocycles. The highest BCUT2D eigenvalue weighted by Gasteiger charge is 2.17. The third kappa shape index (κ3) is 51.2. The van der Waals surface area contributed by atoms with E-state index in [0.29, 0.717) is 19.4 Å². The second-order valence-corrected chi connectivity index (χ2v) is 17.0. The minimum absolute atomic E-state index is 0.0528. The third-order valence-electron chi connectivity index (χ3n) is 10.8. The molecule has 0 aliphatic heterocycles. The maximum absolute atomic E-state index is 12.8. The predicted molar refractivity (Wildman–Crippen MR) is 279 cm³/mol. The normalized spacial score (nSPS) is 13.1. The number of ether oxygens (including phenoxy) is 3. The first kappa shape index (κ1) is 60.6. The number of hydrogen-bond donors (Lipinski definition) is 0. The Morgan fingerprint density at radius 2 is 0.703 bits per heavy atom. The Kier molecular flexibility index (Phi) is 51.0. The lowest BCUT2D eigenvalue weighted by Gasteiger charge is -2.18. The summed E-state index contributed by atoms with van der Waals surface area (Å²) in [5, 5.41) is 0. The fourth-order valence-corrected chi connectivity index (χ4v) is 6.90. The van der Waals surface area contributed by atoms with Gasteiger partial charge in [-0.3, -0.25) is 9.59 Å². The quantitative estimate of drug-likeness (QED) is 0.0346. The molecule has 64 heavy (non-hydrogen) atoms. The summed E-state index contributed by atoms with van der Waals surface area (Å²) >= 11 is 0. The summed E-state index contributed by atoms with van der Waals surface area (Å²) in [5.74, 6) is -0.467. The summed E-state index contributed by atoms with van der Waals surface area (Å²) < 4.78 is 17.4. The van der Waals surface area contributed by atoms with Crippen LogP contribution in [0.3, 0.4) is 0 Å². The largest absolute Gasteiger partial charge is 0.462 e. The van der Waals surface area contributed by atoms with Gasteiger partial charge in [0.2, 0.25) is 0 Å². The van der Waals surface area contributed by atoms with E-state index in [-0.39, 0.29) is 25.2 Å². The summed E-state index contributed by atoms with van der Waals surface area (Å²) in [7, 11) is 0. The molecule has 0 bridgehead atoms. The van der Waals surface area contributed by atoms with Gasteiger partial charge in [-0.1, -0.05) is 201 Å². The average Bonchev–Trinajstić information content (AvgIpc) is 3.30. The van der Waals surface area contributed by atoms with Crippen LogP contribution in [-0.4, -0.2) is 37.9 Å². The van der Waals surface area contributed by atoms with Gasteiger partial charge in [0, 0.05) is 19.4 Å².